The van der Waals surface area contributed by atoms with E-state index < -0.39 is 0 Å². The molecule has 5 heteroatoms. The summed E-state index contributed by atoms with van der Waals surface area (Å²) in [6.07, 6.45) is 0. The highest BCUT2D eigenvalue weighted by Gasteiger charge is 2.16. The van der Waals surface area contributed by atoms with Crippen LogP contribution in [0.1, 0.15) is 33.5 Å². The standard InChI is InChI=1S/C16H20ClN3O/c1-5-20(6-2)16(21)11(4)10(3)15-18-13-8-7-12(17)9-14(13)19-15/h7-9H,5-6H2,1-4H3,(H,18,19)/b11-10+. The predicted molar refractivity (Wildman–Crippen MR) is 87.3 cm³/mol. The molecule has 21 heavy (non-hydrogen) atoms. The summed E-state index contributed by atoms with van der Waals surface area (Å²) in [5.41, 5.74) is 3.29. The largest absolute Gasteiger partial charge is 0.339 e. The summed E-state index contributed by atoms with van der Waals surface area (Å²) in [4.78, 5) is 21.9. The molecule has 0 spiro atoms. The zero-order chi connectivity index (χ0) is 15.6. The van der Waals surface area contributed by atoms with E-state index in [1.807, 2.05) is 45.9 Å². The number of carbonyl (C=O) groups excluding carboxylic acids is 1. The van der Waals surface area contributed by atoms with Crippen LogP contribution >= 0.6 is 11.6 Å². The maximum atomic E-state index is 12.4. The van der Waals surface area contributed by atoms with Gasteiger partial charge in [0.25, 0.3) is 0 Å². The number of nitrogens with zero attached hydrogens (tertiary/aromatic N) is 2. The number of hydrogen-bond donors (Lipinski definition) is 1. The van der Waals surface area contributed by atoms with Gasteiger partial charge in [-0.3, -0.25) is 4.79 Å². The number of rotatable bonds is 4. The Morgan fingerprint density at radius 3 is 2.57 bits per heavy atom. The van der Waals surface area contributed by atoms with E-state index in [4.69, 9.17) is 11.6 Å². The van der Waals surface area contributed by atoms with E-state index >= 15 is 0 Å². The minimum absolute atomic E-state index is 0.0518. The van der Waals surface area contributed by atoms with Gasteiger partial charge in [0.2, 0.25) is 5.91 Å². The quantitative estimate of drug-likeness (QED) is 0.872. The average molecular weight is 306 g/mol. The van der Waals surface area contributed by atoms with Crippen LogP contribution in [0, 0.1) is 0 Å². The smallest absolute Gasteiger partial charge is 0.249 e. The number of carbonyl (C=O) groups is 1. The van der Waals surface area contributed by atoms with Crippen molar-refractivity contribution < 1.29 is 4.79 Å². The Morgan fingerprint density at radius 1 is 1.29 bits per heavy atom. The molecule has 112 valence electrons. The van der Waals surface area contributed by atoms with E-state index in [-0.39, 0.29) is 5.91 Å². The zero-order valence-corrected chi connectivity index (χ0v) is 13.6. The molecule has 0 saturated heterocycles. The number of likely N-dealkylation sites (N-methyl/N-ethyl adjacent to an activating group) is 1. The second kappa shape index (κ2) is 6.31. The molecule has 0 bridgehead atoms. The van der Waals surface area contributed by atoms with Crippen molar-refractivity contribution >= 4 is 34.1 Å². The molecule has 2 aromatic rings. The average Bonchev–Trinajstić information content (AvgIpc) is 2.89. The van der Waals surface area contributed by atoms with Crippen molar-refractivity contribution in [2.24, 2.45) is 0 Å². The summed E-state index contributed by atoms with van der Waals surface area (Å²) >= 11 is 5.98. The monoisotopic (exact) mass is 305 g/mol. The third kappa shape index (κ3) is 3.10. The van der Waals surface area contributed by atoms with Gasteiger partial charge >= 0.3 is 0 Å². The maximum Gasteiger partial charge on any atom is 0.249 e. The zero-order valence-electron chi connectivity index (χ0n) is 12.8. The number of hydrogen-bond acceptors (Lipinski definition) is 2. The summed E-state index contributed by atoms with van der Waals surface area (Å²) < 4.78 is 0. The molecule has 1 aromatic heterocycles. The molecule has 1 N–H and O–H groups in total. The van der Waals surface area contributed by atoms with Crippen molar-refractivity contribution in [2.45, 2.75) is 27.7 Å². The summed E-state index contributed by atoms with van der Waals surface area (Å²) in [6, 6.07) is 5.51. The molecule has 0 aliphatic heterocycles. The van der Waals surface area contributed by atoms with Gasteiger partial charge < -0.3 is 9.88 Å². The van der Waals surface area contributed by atoms with Crippen LogP contribution < -0.4 is 0 Å². The first-order valence-corrected chi connectivity index (χ1v) is 7.48. The SMILES string of the molecule is CCN(CC)C(=O)/C(C)=C(\C)c1nc2ccc(Cl)cc2[nH]1. The number of amides is 1. The number of allylic oxidation sites excluding steroid dienone is 1. The van der Waals surface area contributed by atoms with Gasteiger partial charge in [-0.25, -0.2) is 4.98 Å². The highest BCUT2D eigenvalue weighted by molar-refractivity contribution is 6.31. The first kappa shape index (κ1) is 15.6. The van der Waals surface area contributed by atoms with Crippen LogP contribution in [0.15, 0.2) is 23.8 Å². The highest BCUT2D eigenvalue weighted by Crippen LogP contribution is 2.22. The number of aromatic amines is 1. The lowest BCUT2D eigenvalue weighted by molar-refractivity contribution is -0.126. The third-order valence-electron chi connectivity index (χ3n) is 3.73. The summed E-state index contributed by atoms with van der Waals surface area (Å²) in [5, 5.41) is 0.662. The number of halogens is 1. The second-order valence-corrected chi connectivity index (χ2v) is 5.41. The van der Waals surface area contributed by atoms with Gasteiger partial charge in [0.15, 0.2) is 0 Å². The number of benzene rings is 1. The second-order valence-electron chi connectivity index (χ2n) is 4.97. The van der Waals surface area contributed by atoms with E-state index in [1.165, 1.54) is 0 Å². The Hall–Kier alpha value is -1.81. The fourth-order valence-corrected chi connectivity index (χ4v) is 2.42. The molecule has 0 unspecified atom stereocenters. The first-order valence-electron chi connectivity index (χ1n) is 7.10. The van der Waals surface area contributed by atoms with Gasteiger partial charge in [0.05, 0.1) is 11.0 Å². The molecule has 0 radical (unpaired) electrons. The van der Waals surface area contributed by atoms with E-state index in [0.717, 1.165) is 16.6 Å². The minimum Gasteiger partial charge on any atom is -0.339 e. The molecule has 1 aromatic carbocycles. The molecule has 0 fully saturated rings. The third-order valence-corrected chi connectivity index (χ3v) is 3.97. The molecule has 1 amide bonds. The van der Waals surface area contributed by atoms with E-state index in [9.17, 15) is 4.79 Å². The van der Waals surface area contributed by atoms with E-state index in [0.29, 0.717) is 29.5 Å². The number of H-pyrrole nitrogens is 1. The van der Waals surface area contributed by atoms with Crippen LogP contribution in [0.25, 0.3) is 16.6 Å². The van der Waals surface area contributed by atoms with Crippen molar-refractivity contribution in [2.75, 3.05) is 13.1 Å². The van der Waals surface area contributed by atoms with Gasteiger partial charge in [-0.05, 0) is 45.9 Å². The molecular weight excluding hydrogens is 286 g/mol. The number of aromatic nitrogens is 2. The maximum absolute atomic E-state index is 12.4. The normalized spacial score (nSPS) is 12.4. The Kier molecular flexibility index (Phi) is 4.68. The van der Waals surface area contributed by atoms with Crippen molar-refractivity contribution in [3.05, 3.63) is 34.6 Å². The van der Waals surface area contributed by atoms with Crippen molar-refractivity contribution in [3.63, 3.8) is 0 Å². The van der Waals surface area contributed by atoms with Gasteiger partial charge in [0, 0.05) is 29.3 Å². The molecular formula is C16H20ClN3O. The number of fused-ring (bicyclic) bond motifs is 1. The van der Waals surface area contributed by atoms with Crippen LogP contribution in [0.3, 0.4) is 0 Å². The fourth-order valence-electron chi connectivity index (χ4n) is 2.25. The van der Waals surface area contributed by atoms with Crippen LogP contribution in [-0.2, 0) is 4.79 Å². The van der Waals surface area contributed by atoms with Crippen molar-refractivity contribution in [1.82, 2.24) is 14.9 Å². The molecule has 0 aliphatic carbocycles. The molecule has 2 rings (SSSR count). The predicted octanol–water partition coefficient (Wildman–Crippen LogP) is 3.88. The minimum atomic E-state index is 0.0518. The Balaban J connectivity index is 2.41. The Bertz CT molecular complexity index is 699. The van der Waals surface area contributed by atoms with Gasteiger partial charge in [-0.1, -0.05) is 11.6 Å². The number of nitrogens with one attached hydrogen (secondary N) is 1. The molecule has 4 nitrogen and oxygen atoms in total. The molecule has 0 atom stereocenters. The van der Waals surface area contributed by atoms with Crippen LogP contribution in [0.2, 0.25) is 5.02 Å². The van der Waals surface area contributed by atoms with E-state index in [2.05, 4.69) is 9.97 Å². The van der Waals surface area contributed by atoms with Crippen LogP contribution in [0.5, 0.6) is 0 Å². The Labute approximate surface area is 129 Å². The Morgan fingerprint density at radius 2 is 1.95 bits per heavy atom. The lowest BCUT2D eigenvalue weighted by Crippen LogP contribution is -2.31. The first-order chi connectivity index (χ1) is 9.97. The fraction of sp³-hybridized carbons (Fsp3) is 0.375. The summed E-state index contributed by atoms with van der Waals surface area (Å²) in [6.45, 7) is 9.12. The van der Waals surface area contributed by atoms with Gasteiger partial charge in [-0.15, -0.1) is 0 Å². The van der Waals surface area contributed by atoms with Gasteiger partial charge in [0.1, 0.15) is 5.82 Å². The van der Waals surface area contributed by atoms with Crippen LogP contribution in [0.4, 0.5) is 0 Å². The molecule has 0 aliphatic rings. The molecule has 0 saturated carbocycles. The lowest BCUT2D eigenvalue weighted by Gasteiger charge is -2.19. The van der Waals surface area contributed by atoms with Crippen LogP contribution in [-0.4, -0.2) is 33.9 Å². The van der Waals surface area contributed by atoms with Gasteiger partial charge in [-0.2, -0.15) is 0 Å². The van der Waals surface area contributed by atoms with Crippen molar-refractivity contribution in [1.29, 1.82) is 0 Å². The topological polar surface area (TPSA) is 49.0 Å². The van der Waals surface area contributed by atoms with Crippen molar-refractivity contribution in [3.8, 4) is 0 Å². The summed E-state index contributed by atoms with van der Waals surface area (Å²) in [5.74, 6) is 0.765. The molecule has 1 heterocycles. The van der Waals surface area contributed by atoms with E-state index in [1.54, 1.807) is 4.90 Å². The number of imidazole rings is 1. The lowest BCUT2D eigenvalue weighted by atomic mass is 10.1. The highest BCUT2D eigenvalue weighted by atomic mass is 35.5. The summed E-state index contributed by atoms with van der Waals surface area (Å²) in [7, 11) is 0.